The van der Waals surface area contributed by atoms with Crippen molar-refractivity contribution in [2.45, 2.75) is 0 Å². The Kier molecular flexibility index (Phi) is 18.9. The molecule has 0 aliphatic rings. The van der Waals surface area contributed by atoms with E-state index < -0.39 is 0 Å². The third kappa shape index (κ3) is 13.1. The number of hydrogen-bond acceptors (Lipinski definition) is 3. The SMILES string of the molecule is c1ccc(-c2ccc(-c3ccc4ccc5c(-c6ccccc6-n6c7ccccc7c7ccccc76)ccc6ccc3c4c65)cc2)nc1.c1ccc(-c2ccccc2-c2ccc3ccc4c(-c5ccc(-n6c7ccccc7c7ccccc76)cc5)ccc5ccc2c3c54)nc1.c1cncc(-c2ccccc2-c2ccc3ccc4c(-c5ccc(-n6c7ccccc7c7ccccc76)cc5)ccc5ccc2c3c54)c1. The van der Waals surface area contributed by atoms with Crippen molar-refractivity contribution in [3.63, 3.8) is 0 Å². The second-order valence-electron chi connectivity index (χ2n) is 37.0. The van der Waals surface area contributed by atoms with E-state index in [1.165, 1.54) is 252 Å². The molecule has 30 rings (SSSR count). The van der Waals surface area contributed by atoms with E-state index in [1.54, 1.807) is 0 Å². The van der Waals surface area contributed by atoms with Crippen LogP contribution >= 0.6 is 0 Å². The Hall–Kier alpha value is -18.8. The van der Waals surface area contributed by atoms with Crippen molar-refractivity contribution in [2.24, 2.45) is 0 Å². The van der Waals surface area contributed by atoms with E-state index in [0.29, 0.717) is 0 Å². The first-order valence-electron chi connectivity index (χ1n) is 48.4. The number of rotatable bonds is 12. The van der Waals surface area contributed by atoms with Crippen molar-refractivity contribution < 1.29 is 0 Å². The maximum atomic E-state index is 4.69. The van der Waals surface area contributed by atoms with Crippen molar-refractivity contribution >= 4 is 162 Å². The molecular weight excluding hydrogens is 1710 g/mol. The molecule has 0 saturated carbocycles. The second kappa shape index (κ2) is 33.1. The zero-order chi connectivity index (χ0) is 92.7. The number of hydrogen-bond donors (Lipinski definition) is 0. The molecule has 6 aromatic heterocycles. The minimum Gasteiger partial charge on any atom is -0.309 e. The zero-order valence-electron chi connectivity index (χ0n) is 76.7. The molecule has 0 N–H and O–H groups in total. The first-order chi connectivity index (χ1) is 70.0. The molecule has 0 atom stereocenters. The van der Waals surface area contributed by atoms with Gasteiger partial charge >= 0.3 is 0 Å². The highest BCUT2D eigenvalue weighted by molar-refractivity contribution is 6.31. The predicted molar refractivity (Wildman–Crippen MR) is 596 cm³/mol. The minimum absolute atomic E-state index is 0.987. The van der Waals surface area contributed by atoms with E-state index in [2.05, 4.69) is 485 Å². The molecule has 654 valence electrons. The van der Waals surface area contributed by atoms with Gasteiger partial charge in [-0.3, -0.25) is 15.0 Å². The number of pyridine rings is 3. The van der Waals surface area contributed by atoms with Gasteiger partial charge in [-0.15, -0.1) is 0 Å². The predicted octanol–water partition coefficient (Wildman–Crippen LogP) is 36.2. The number of benzene rings is 24. The highest BCUT2D eigenvalue weighted by atomic mass is 15.0. The fourth-order valence-electron chi connectivity index (χ4n) is 23.2. The first-order valence-corrected chi connectivity index (χ1v) is 48.4. The third-order valence-electron chi connectivity index (χ3n) is 29.5. The van der Waals surface area contributed by atoms with Crippen molar-refractivity contribution in [3.8, 4) is 117 Å². The molecule has 0 amide bonds. The topological polar surface area (TPSA) is 53.5 Å². The Morgan fingerprint density at radius 1 is 0.142 bits per heavy atom. The van der Waals surface area contributed by atoms with E-state index in [9.17, 15) is 0 Å². The quantitative estimate of drug-likeness (QED) is 0.115. The van der Waals surface area contributed by atoms with Gasteiger partial charge in [0.15, 0.2) is 0 Å². The van der Waals surface area contributed by atoms with E-state index >= 15 is 0 Å². The van der Waals surface area contributed by atoms with Crippen molar-refractivity contribution in [1.82, 2.24) is 28.7 Å². The molecule has 30 aromatic rings. The summed E-state index contributed by atoms with van der Waals surface area (Å²) in [5, 5.41) is 30.8. The van der Waals surface area contributed by atoms with Crippen LogP contribution in [0.5, 0.6) is 0 Å². The van der Waals surface area contributed by atoms with Gasteiger partial charge in [0.05, 0.1) is 50.2 Å². The molecule has 6 heteroatoms. The molecule has 0 fully saturated rings. The normalized spacial score (nSPS) is 11.8. The van der Waals surface area contributed by atoms with Gasteiger partial charge < -0.3 is 13.7 Å². The lowest BCUT2D eigenvalue weighted by Gasteiger charge is -2.19. The fraction of sp³-hybridized carbons (Fsp3) is 0. The smallest absolute Gasteiger partial charge is 0.0708 e. The molecule has 0 spiro atoms. The maximum Gasteiger partial charge on any atom is 0.0708 e. The van der Waals surface area contributed by atoms with Gasteiger partial charge in [0.1, 0.15) is 0 Å². The second-order valence-corrected chi connectivity index (χ2v) is 37.0. The van der Waals surface area contributed by atoms with Crippen LogP contribution in [0.3, 0.4) is 0 Å². The van der Waals surface area contributed by atoms with Crippen LogP contribution in [0.4, 0.5) is 0 Å². The Bertz CT molecular complexity index is 9610. The summed E-state index contributed by atoms with van der Waals surface area (Å²) in [6.07, 6.45) is 7.50. The fourth-order valence-corrected chi connectivity index (χ4v) is 23.2. The lowest BCUT2D eigenvalue weighted by molar-refractivity contribution is 1.18. The van der Waals surface area contributed by atoms with Crippen molar-refractivity contribution in [3.05, 3.63) is 510 Å². The van der Waals surface area contributed by atoms with Gasteiger partial charge in [-0.05, 0) is 261 Å². The van der Waals surface area contributed by atoms with Gasteiger partial charge in [0.2, 0.25) is 0 Å². The summed E-state index contributed by atoms with van der Waals surface area (Å²) in [5.74, 6) is 0. The highest BCUT2D eigenvalue weighted by Crippen LogP contribution is 2.51. The number of fused-ring (bicyclic) bond motifs is 9. The molecule has 6 heterocycles. The van der Waals surface area contributed by atoms with Gasteiger partial charge in [-0.2, -0.15) is 0 Å². The van der Waals surface area contributed by atoms with Crippen LogP contribution in [-0.4, -0.2) is 28.7 Å². The molecule has 0 aliphatic heterocycles. The summed E-state index contributed by atoms with van der Waals surface area (Å²) in [6, 6.07) is 177. The molecule has 0 radical (unpaired) electrons. The average molecular weight is 1790 g/mol. The van der Waals surface area contributed by atoms with Crippen LogP contribution in [-0.2, 0) is 0 Å². The standard InChI is InChI=1S/3C45H28N2/c1-4-13-41(47-42-14-5-2-10-36(42)37-11-3-6-15-43(37)47)35(9-1)34-25-21-32-22-26-38-33(24-20-31-23-27-39(34)45(32)44(31)38)29-16-18-30(19-17-29)40-12-7-8-28-46-40;1-2-10-36(41-13-7-8-28-46-41)34(9-1)35-25-19-31-20-26-39-33(24-18-30-21-27-40(35)45(31)44(30)39)29-16-22-32(23-17-29)47-42-14-5-3-11-37(42)38-12-4-6-15-43(38)47;1-2-10-36(34(9-1)32-8-7-27-46-28-32)37-24-18-31-19-25-40-35(23-17-30-20-26-41(37)45(31)44(30)40)29-15-21-33(22-16-29)47-42-13-5-3-11-38(42)39-12-4-6-14-43(39)47/h3*1-28H. The molecule has 0 bridgehead atoms. The van der Waals surface area contributed by atoms with Gasteiger partial charge in [0, 0.05) is 90.7 Å². The van der Waals surface area contributed by atoms with Crippen LogP contribution in [0, 0.1) is 0 Å². The van der Waals surface area contributed by atoms with E-state index in [4.69, 9.17) is 4.98 Å². The Labute approximate surface area is 812 Å². The summed E-state index contributed by atoms with van der Waals surface area (Å²) in [6.45, 7) is 0. The first kappa shape index (κ1) is 80.7. The molecule has 141 heavy (non-hydrogen) atoms. The van der Waals surface area contributed by atoms with E-state index in [1.807, 2.05) is 49.1 Å². The third-order valence-corrected chi connectivity index (χ3v) is 29.5. The number of aromatic nitrogens is 6. The van der Waals surface area contributed by atoms with Gasteiger partial charge in [-0.25, -0.2) is 0 Å². The molecule has 0 saturated heterocycles. The molecule has 6 nitrogen and oxygen atoms in total. The Morgan fingerprint density at radius 3 is 0.780 bits per heavy atom. The van der Waals surface area contributed by atoms with Crippen LogP contribution in [0.1, 0.15) is 0 Å². The molecular formula is C135H84N6. The summed E-state index contributed by atoms with van der Waals surface area (Å²) in [5.41, 5.74) is 32.2. The van der Waals surface area contributed by atoms with E-state index in [-0.39, 0.29) is 0 Å². The van der Waals surface area contributed by atoms with Gasteiger partial charge in [0.25, 0.3) is 0 Å². The summed E-state index contributed by atoms with van der Waals surface area (Å²) >= 11 is 0. The highest BCUT2D eigenvalue weighted by Gasteiger charge is 2.25. The van der Waals surface area contributed by atoms with Crippen LogP contribution in [0.25, 0.3) is 280 Å². The Morgan fingerprint density at radius 2 is 0.418 bits per heavy atom. The summed E-state index contributed by atoms with van der Waals surface area (Å²) < 4.78 is 7.19. The summed E-state index contributed by atoms with van der Waals surface area (Å²) in [7, 11) is 0. The summed E-state index contributed by atoms with van der Waals surface area (Å²) in [4.78, 5) is 13.6. The molecule has 24 aromatic carbocycles. The van der Waals surface area contributed by atoms with Crippen molar-refractivity contribution in [1.29, 1.82) is 0 Å². The minimum atomic E-state index is 0.987. The van der Waals surface area contributed by atoms with Gasteiger partial charge in [-0.1, -0.05) is 388 Å². The van der Waals surface area contributed by atoms with Crippen molar-refractivity contribution in [2.75, 3.05) is 0 Å². The van der Waals surface area contributed by atoms with Crippen LogP contribution < -0.4 is 0 Å². The molecule has 0 aliphatic carbocycles. The number of nitrogens with zero attached hydrogens (tertiary/aromatic N) is 6. The average Bonchev–Trinajstić information content (AvgIpc) is 1.53. The largest absolute Gasteiger partial charge is 0.309 e. The number of para-hydroxylation sites is 7. The Balaban J connectivity index is 0.000000104. The molecule has 0 unspecified atom stereocenters. The van der Waals surface area contributed by atoms with Crippen LogP contribution in [0.15, 0.2) is 510 Å². The maximum absolute atomic E-state index is 4.69. The monoisotopic (exact) mass is 1790 g/mol. The van der Waals surface area contributed by atoms with E-state index in [0.717, 1.165) is 28.1 Å². The van der Waals surface area contributed by atoms with Crippen LogP contribution in [0.2, 0.25) is 0 Å². The zero-order valence-corrected chi connectivity index (χ0v) is 76.7. The lowest BCUT2D eigenvalue weighted by atomic mass is 9.86. The lowest BCUT2D eigenvalue weighted by Crippen LogP contribution is -1.97.